The molecular formula is C20H23N3O7S2. The van der Waals surface area contributed by atoms with E-state index in [1.807, 2.05) is 0 Å². The van der Waals surface area contributed by atoms with E-state index in [1.165, 1.54) is 46.4 Å². The summed E-state index contributed by atoms with van der Waals surface area (Å²) in [6.07, 6.45) is 0. The van der Waals surface area contributed by atoms with Crippen LogP contribution in [0.4, 0.5) is 11.4 Å². The Hall–Kier alpha value is -2.67. The molecule has 0 bridgehead atoms. The van der Waals surface area contributed by atoms with Gasteiger partial charge >= 0.3 is 0 Å². The van der Waals surface area contributed by atoms with Gasteiger partial charge in [-0.05, 0) is 37.3 Å². The van der Waals surface area contributed by atoms with E-state index in [2.05, 4.69) is 5.32 Å². The molecule has 1 fully saturated rings. The zero-order chi connectivity index (χ0) is 23.1. The summed E-state index contributed by atoms with van der Waals surface area (Å²) in [5.41, 5.74) is 0.230. The summed E-state index contributed by atoms with van der Waals surface area (Å²) < 4.78 is 38.0. The third-order valence-electron chi connectivity index (χ3n) is 4.55. The lowest BCUT2D eigenvalue weighted by molar-refractivity contribution is -0.384. The first-order valence-corrected chi connectivity index (χ1v) is 12.3. The first-order valence-electron chi connectivity index (χ1n) is 9.83. The minimum absolute atomic E-state index is 0.0292. The number of ether oxygens (including phenoxy) is 2. The average molecular weight is 482 g/mol. The summed E-state index contributed by atoms with van der Waals surface area (Å²) >= 11 is 1.20. The molecule has 1 aliphatic rings. The van der Waals surface area contributed by atoms with Gasteiger partial charge in [0.15, 0.2) is 0 Å². The Morgan fingerprint density at radius 1 is 1.22 bits per heavy atom. The van der Waals surface area contributed by atoms with Crippen LogP contribution in [-0.2, 0) is 19.6 Å². The second-order valence-electron chi connectivity index (χ2n) is 6.70. The molecule has 1 N–H and O–H groups in total. The SMILES string of the molecule is CCOc1ccc(S(=O)(=O)N2CCOCC2)cc1NC(=O)CSc1ccc([N+](=O)[O-])cc1. The number of nitrogens with zero attached hydrogens (tertiary/aromatic N) is 2. The van der Waals surface area contributed by atoms with Crippen LogP contribution in [0, 0.1) is 10.1 Å². The topological polar surface area (TPSA) is 128 Å². The molecule has 1 amide bonds. The van der Waals surface area contributed by atoms with Gasteiger partial charge in [-0.25, -0.2) is 8.42 Å². The first-order chi connectivity index (χ1) is 15.3. The number of carbonyl (C=O) groups is 1. The number of amides is 1. The van der Waals surface area contributed by atoms with Crippen LogP contribution in [0.15, 0.2) is 52.3 Å². The Balaban J connectivity index is 1.72. The fourth-order valence-electron chi connectivity index (χ4n) is 2.98. The Kier molecular flexibility index (Phi) is 8.07. The van der Waals surface area contributed by atoms with Crippen LogP contribution < -0.4 is 10.1 Å². The van der Waals surface area contributed by atoms with Gasteiger partial charge in [-0.2, -0.15) is 4.31 Å². The van der Waals surface area contributed by atoms with Crippen molar-refractivity contribution in [2.75, 3.05) is 44.0 Å². The highest BCUT2D eigenvalue weighted by atomic mass is 32.2. The standard InChI is InChI=1S/C20H23N3O7S2/c1-2-30-19-8-7-17(32(27,28)22-9-11-29-12-10-22)13-18(19)21-20(24)14-31-16-5-3-15(4-6-16)23(25)26/h3-8,13H,2,9-12,14H2,1H3,(H,21,24). The number of hydrogen-bond donors (Lipinski definition) is 1. The van der Waals surface area contributed by atoms with Crippen LogP contribution in [0.25, 0.3) is 0 Å². The molecule has 2 aromatic carbocycles. The lowest BCUT2D eigenvalue weighted by Crippen LogP contribution is -2.40. The molecular weight excluding hydrogens is 458 g/mol. The van der Waals surface area contributed by atoms with Gasteiger partial charge in [-0.1, -0.05) is 0 Å². The maximum Gasteiger partial charge on any atom is 0.269 e. The van der Waals surface area contributed by atoms with Gasteiger partial charge in [0.05, 0.1) is 41.1 Å². The maximum atomic E-state index is 12.9. The molecule has 0 radical (unpaired) electrons. The lowest BCUT2D eigenvalue weighted by atomic mass is 10.3. The van der Waals surface area contributed by atoms with E-state index >= 15 is 0 Å². The van der Waals surface area contributed by atoms with Crippen LogP contribution in [0.5, 0.6) is 5.75 Å². The Labute approximate surface area is 190 Å². The van der Waals surface area contributed by atoms with Crippen molar-refractivity contribution in [2.45, 2.75) is 16.7 Å². The number of anilines is 1. The lowest BCUT2D eigenvalue weighted by Gasteiger charge is -2.26. The third-order valence-corrected chi connectivity index (χ3v) is 7.46. The Bertz CT molecular complexity index is 1070. The van der Waals surface area contributed by atoms with Crippen molar-refractivity contribution in [3.63, 3.8) is 0 Å². The Morgan fingerprint density at radius 3 is 2.53 bits per heavy atom. The molecule has 12 heteroatoms. The fraction of sp³-hybridized carbons (Fsp3) is 0.350. The predicted octanol–water partition coefficient (Wildman–Crippen LogP) is 2.75. The molecule has 1 saturated heterocycles. The minimum atomic E-state index is -3.73. The molecule has 0 spiro atoms. The van der Waals surface area contributed by atoms with Crippen molar-refractivity contribution < 1.29 is 27.6 Å². The second kappa shape index (κ2) is 10.8. The predicted molar refractivity (Wildman–Crippen MR) is 120 cm³/mol. The van der Waals surface area contributed by atoms with E-state index in [0.717, 1.165) is 0 Å². The normalized spacial score (nSPS) is 14.7. The largest absolute Gasteiger partial charge is 0.492 e. The van der Waals surface area contributed by atoms with Gasteiger partial charge in [0.1, 0.15) is 5.75 Å². The van der Waals surface area contributed by atoms with E-state index in [1.54, 1.807) is 19.1 Å². The van der Waals surface area contributed by atoms with E-state index in [9.17, 15) is 23.3 Å². The van der Waals surface area contributed by atoms with Crippen molar-refractivity contribution in [1.82, 2.24) is 4.31 Å². The molecule has 32 heavy (non-hydrogen) atoms. The smallest absolute Gasteiger partial charge is 0.269 e. The summed E-state index contributed by atoms with van der Waals surface area (Å²) in [7, 11) is -3.73. The number of nitro groups is 1. The molecule has 3 rings (SSSR count). The van der Waals surface area contributed by atoms with Crippen LogP contribution in [-0.4, -0.2) is 62.2 Å². The highest BCUT2D eigenvalue weighted by Crippen LogP contribution is 2.30. The van der Waals surface area contributed by atoms with Crippen molar-refractivity contribution >= 4 is 39.1 Å². The quantitative estimate of drug-likeness (QED) is 0.329. The first kappa shape index (κ1) is 24.0. The van der Waals surface area contributed by atoms with Gasteiger partial charge in [-0.15, -0.1) is 11.8 Å². The highest BCUT2D eigenvalue weighted by Gasteiger charge is 2.27. The van der Waals surface area contributed by atoms with Gasteiger partial charge < -0.3 is 14.8 Å². The number of benzene rings is 2. The second-order valence-corrected chi connectivity index (χ2v) is 9.68. The van der Waals surface area contributed by atoms with E-state index in [4.69, 9.17) is 9.47 Å². The fourth-order valence-corrected chi connectivity index (χ4v) is 5.12. The summed E-state index contributed by atoms with van der Waals surface area (Å²) in [5, 5.41) is 13.4. The zero-order valence-electron chi connectivity index (χ0n) is 17.4. The van der Waals surface area contributed by atoms with Gasteiger partial charge in [0.2, 0.25) is 15.9 Å². The van der Waals surface area contributed by atoms with Crippen molar-refractivity contribution in [3.8, 4) is 5.75 Å². The molecule has 10 nitrogen and oxygen atoms in total. The highest BCUT2D eigenvalue weighted by molar-refractivity contribution is 8.00. The van der Waals surface area contributed by atoms with Gasteiger partial charge in [0, 0.05) is 30.1 Å². The molecule has 0 unspecified atom stereocenters. The number of nitro benzene ring substituents is 1. The molecule has 0 atom stereocenters. The molecule has 0 aromatic heterocycles. The third kappa shape index (κ3) is 5.97. The van der Waals surface area contributed by atoms with Crippen LogP contribution in [0.1, 0.15) is 6.92 Å². The number of nitrogens with one attached hydrogen (secondary N) is 1. The van der Waals surface area contributed by atoms with E-state index < -0.39 is 14.9 Å². The zero-order valence-corrected chi connectivity index (χ0v) is 19.0. The number of non-ortho nitro benzene ring substituents is 1. The summed E-state index contributed by atoms with van der Waals surface area (Å²) in [6, 6.07) is 10.2. The Morgan fingerprint density at radius 2 is 1.91 bits per heavy atom. The van der Waals surface area contributed by atoms with E-state index in [0.29, 0.717) is 30.5 Å². The van der Waals surface area contributed by atoms with Crippen molar-refractivity contribution in [2.24, 2.45) is 0 Å². The van der Waals surface area contributed by atoms with Crippen LogP contribution in [0.3, 0.4) is 0 Å². The van der Waals surface area contributed by atoms with Crippen molar-refractivity contribution in [1.29, 1.82) is 0 Å². The number of morpholine rings is 1. The number of sulfonamides is 1. The number of hydrogen-bond acceptors (Lipinski definition) is 8. The summed E-state index contributed by atoms with van der Waals surface area (Å²) in [5.74, 6) is 0.0291. The van der Waals surface area contributed by atoms with Crippen LogP contribution >= 0.6 is 11.8 Å². The average Bonchev–Trinajstić information content (AvgIpc) is 2.79. The van der Waals surface area contributed by atoms with Gasteiger partial charge in [0.25, 0.3) is 5.69 Å². The molecule has 1 aliphatic heterocycles. The maximum absolute atomic E-state index is 12.9. The summed E-state index contributed by atoms with van der Waals surface area (Å²) in [4.78, 5) is 23.5. The molecule has 1 heterocycles. The molecule has 172 valence electrons. The molecule has 0 aliphatic carbocycles. The molecule has 0 saturated carbocycles. The monoisotopic (exact) mass is 481 g/mol. The number of thioether (sulfide) groups is 1. The summed E-state index contributed by atoms with van der Waals surface area (Å²) in [6.45, 7) is 3.33. The van der Waals surface area contributed by atoms with Gasteiger partial charge in [-0.3, -0.25) is 14.9 Å². The number of rotatable bonds is 9. The van der Waals surface area contributed by atoms with Crippen molar-refractivity contribution in [3.05, 3.63) is 52.6 Å². The minimum Gasteiger partial charge on any atom is -0.492 e. The molecule has 2 aromatic rings. The van der Waals surface area contributed by atoms with Crippen LogP contribution in [0.2, 0.25) is 0 Å². The number of carbonyl (C=O) groups excluding carboxylic acids is 1. The van der Waals surface area contributed by atoms with E-state index in [-0.39, 0.29) is 41.0 Å².